The number of benzene rings is 1. The van der Waals surface area contributed by atoms with Gasteiger partial charge >= 0.3 is 6.03 Å². The molecule has 0 unspecified atom stereocenters. The molecule has 1 aromatic carbocycles. The molecule has 34 heavy (non-hydrogen) atoms. The molecule has 1 aliphatic heterocycles. The van der Waals surface area contributed by atoms with E-state index in [-0.39, 0.29) is 23.1 Å². The van der Waals surface area contributed by atoms with Gasteiger partial charge in [-0.05, 0) is 31.8 Å². The Morgan fingerprint density at radius 1 is 1.12 bits per heavy atom. The first-order valence-corrected chi connectivity index (χ1v) is 10.6. The van der Waals surface area contributed by atoms with E-state index in [2.05, 4.69) is 10.6 Å². The molecule has 2 heterocycles. The smallest absolute Gasteiger partial charge is 0.328 e. The zero-order valence-electron chi connectivity index (χ0n) is 20.0. The molecular formula is C22H29N5O7. The fraction of sp³-hybridized carbons (Fsp3) is 0.455. The number of aromatic hydroxyl groups is 1. The Labute approximate surface area is 196 Å². The SMILES string of the molecule is COc1cc([C@@H](c2n(CCN(C)C)c(C)c(C)[n+]2[O-])C2C(=O)NC(=O)NC2=O)cc(OC)c1O. The van der Waals surface area contributed by atoms with Crippen LogP contribution < -0.4 is 24.8 Å². The van der Waals surface area contributed by atoms with Crippen LogP contribution in [0.15, 0.2) is 12.1 Å². The van der Waals surface area contributed by atoms with Gasteiger partial charge in [-0.15, -0.1) is 0 Å². The molecule has 1 fully saturated rings. The minimum Gasteiger partial charge on any atom is -0.711 e. The van der Waals surface area contributed by atoms with Crippen LogP contribution in [0.4, 0.5) is 4.79 Å². The lowest BCUT2D eigenvalue weighted by Crippen LogP contribution is -2.58. The Hall–Kier alpha value is -3.80. The summed E-state index contributed by atoms with van der Waals surface area (Å²) >= 11 is 0. The highest BCUT2D eigenvalue weighted by Crippen LogP contribution is 2.43. The third-order valence-electron chi connectivity index (χ3n) is 6.00. The minimum absolute atomic E-state index is 0.0318. The Balaban J connectivity index is 2.33. The molecule has 1 atom stereocenters. The standard InChI is InChI=1S/C22H29N5O7/c1-11-12(2)27(32)21(26(11)8-7-25(3)4)16(17-19(29)23-22(31)24-20(17)30)13-9-14(33-5)18(28)15(10-13)34-6/h9-10,16-17,28H,7-8H2,1-6H3,(H2,23,24,29,30,31)/t16-/m1/s1. The topological polar surface area (TPSA) is 149 Å². The Bertz CT molecular complexity index is 1100. The molecule has 2 aromatic rings. The summed E-state index contributed by atoms with van der Waals surface area (Å²) in [4.78, 5) is 39.5. The van der Waals surface area contributed by atoms with Crippen molar-refractivity contribution in [2.45, 2.75) is 26.3 Å². The number of urea groups is 1. The van der Waals surface area contributed by atoms with E-state index in [1.54, 1.807) is 18.4 Å². The van der Waals surface area contributed by atoms with Gasteiger partial charge in [0.25, 0.3) is 5.82 Å². The van der Waals surface area contributed by atoms with Gasteiger partial charge in [0.15, 0.2) is 11.5 Å². The number of rotatable bonds is 8. The maximum atomic E-state index is 13.4. The van der Waals surface area contributed by atoms with Crippen molar-refractivity contribution >= 4 is 17.8 Å². The van der Waals surface area contributed by atoms with Gasteiger partial charge in [0.2, 0.25) is 17.6 Å². The molecule has 3 rings (SSSR count). The van der Waals surface area contributed by atoms with Crippen LogP contribution in [0.2, 0.25) is 0 Å². The summed E-state index contributed by atoms with van der Waals surface area (Å²) < 4.78 is 13.0. The number of ether oxygens (including phenoxy) is 2. The number of methoxy groups -OCH3 is 2. The number of hydrogen-bond donors (Lipinski definition) is 3. The molecule has 12 nitrogen and oxygen atoms in total. The van der Waals surface area contributed by atoms with E-state index in [1.807, 2.05) is 19.0 Å². The van der Waals surface area contributed by atoms with Crippen LogP contribution >= 0.6 is 0 Å². The van der Waals surface area contributed by atoms with Crippen LogP contribution in [-0.2, 0) is 16.1 Å². The molecule has 0 saturated carbocycles. The number of imide groups is 2. The van der Waals surface area contributed by atoms with Crippen LogP contribution in [0.1, 0.15) is 28.7 Å². The van der Waals surface area contributed by atoms with Gasteiger partial charge in [0, 0.05) is 20.4 Å². The molecule has 0 spiro atoms. The lowest BCUT2D eigenvalue weighted by molar-refractivity contribution is -0.621. The predicted octanol–water partition coefficient (Wildman–Crippen LogP) is 0.137. The number of hydrogen-bond acceptors (Lipinski definition) is 8. The van der Waals surface area contributed by atoms with Crippen molar-refractivity contribution in [3.8, 4) is 17.2 Å². The number of imidazole rings is 1. The van der Waals surface area contributed by atoms with Crippen molar-refractivity contribution < 1.29 is 33.7 Å². The third kappa shape index (κ3) is 4.36. The van der Waals surface area contributed by atoms with Crippen molar-refractivity contribution in [1.82, 2.24) is 20.1 Å². The van der Waals surface area contributed by atoms with Crippen LogP contribution in [0, 0.1) is 25.0 Å². The van der Waals surface area contributed by atoms with Crippen molar-refractivity contribution in [3.05, 3.63) is 40.1 Å². The Morgan fingerprint density at radius 2 is 1.65 bits per heavy atom. The van der Waals surface area contributed by atoms with Crippen LogP contribution in [0.3, 0.4) is 0 Å². The number of carbonyl (C=O) groups is 3. The molecule has 0 radical (unpaired) electrons. The number of phenolic OH excluding ortho intramolecular Hbond substituents is 1. The normalized spacial score (nSPS) is 15.3. The zero-order valence-corrected chi connectivity index (χ0v) is 20.0. The number of carbonyl (C=O) groups excluding carboxylic acids is 3. The number of phenols is 1. The van der Waals surface area contributed by atoms with Crippen molar-refractivity contribution in [2.24, 2.45) is 5.92 Å². The summed E-state index contributed by atoms with van der Waals surface area (Å²) in [5.41, 5.74) is 1.38. The Kier molecular flexibility index (Phi) is 7.01. The average molecular weight is 476 g/mol. The number of nitrogens with zero attached hydrogens (tertiary/aromatic N) is 3. The molecule has 184 valence electrons. The highest BCUT2D eigenvalue weighted by Gasteiger charge is 2.47. The molecule has 0 aliphatic carbocycles. The van der Waals surface area contributed by atoms with Crippen LogP contribution in [0.5, 0.6) is 17.2 Å². The lowest BCUT2D eigenvalue weighted by atomic mass is 9.82. The molecule has 0 bridgehead atoms. The highest BCUT2D eigenvalue weighted by atomic mass is 16.5. The second kappa shape index (κ2) is 9.59. The monoisotopic (exact) mass is 475 g/mol. The summed E-state index contributed by atoms with van der Waals surface area (Å²) in [5.74, 6) is -4.36. The molecule has 12 heteroatoms. The summed E-state index contributed by atoms with van der Waals surface area (Å²) in [6.45, 7) is 4.42. The van der Waals surface area contributed by atoms with E-state index in [9.17, 15) is 24.7 Å². The molecule has 1 aliphatic rings. The molecule has 1 aromatic heterocycles. The number of nitrogens with one attached hydrogen (secondary N) is 2. The van der Waals surface area contributed by atoms with E-state index in [0.717, 1.165) is 0 Å². The first-order valence-electron chi connectivity index (χ1n) is 10.6. The predicted molar refractivity (Wildman–Crippen MR) is 120 cm³/mol. The van der Waals surface area contributed by atoms with Gasteiger partial charge in [-0.25, -0.2) is 14.1 Å². The quantitative estimate of drug-likeness (QED) is 0.277. The maximum absolute atomic E-state index is 13.4. The van der Waals surface area contributed by atoms with E-state index >= 15 is 0 Å². The van der Waals surface area contributed by atoms with Crippen molar-refractivity contribution in [1.29, 1.82) is 0 Å². The van der Waals surface area contributed by atoms with Gasteiger partial charge in [-0.1, -0.05) is 0 Å². The van der Waals surface area contributed by atoms with E-state index in [1.165, 1.54) is 26.4 Å². The second-order valence-electron chi connectivity index (χ2n) is 8.32. The summed E-state index contributed by atoms with van der Waals surface area (Å²) in [7, 11) is 6.45. The lowest BCUT2D eigenvalue weighted by Gasteiger charge is -2.28. The van der Waals surface area contributed by atoms with Gasteiger partial charge in [0.1, 0.15) is 29.8 Å². The zero-order chi connectivity index (χ0) is 25.3. The minimum atomic E-state index is -1.45. The van der Waals surface area contributed by atoms with Crippen molar-refractivity contribution in [3.63, 3.8) is 0 Å². The van der Waals surface area contributed by atoms with E-state index in [4.69, 9.17) is 9.47 Å². The van der Waals surface area contributed by atoms with Crippen LogP contribution in [-0.4, -0.2) is 67.3 Å². The molecule has 4 amide bonds. The third-order valence-corrected chi connectivity index (χ3v) is 6.00. The fourth-order valence-corrected chi connectivity index (χ4v) is 4.09. The summed E-state index contributed by atoms with van der Waals surface area (Å²) in [6, 6.07) is 1.94. The van der Waals surface area contributed by atoms with E-state index in [0.29, 0.717) is 34.8 Å². The van der Waals surface area contributed by atoms with Gasteiger partial charge in [-0.3, -0.25) is 20.2 Å². The summed E-state index contributed by atoms with van der Waals surface area (Å²) in [6.07, 6.45) is 0. The fourth-order valence-electron chi connectivity index (χ4n) is 4.09. The highest BCUT2D eigenvalue weighted by molar-refractivity contribution is 6.16. The number of barbiturate groups is 1. The molecule has 3 N–H and O–H groups in total. The maximum Gasteiger partial charge on any atom is 0.328 e. The first kappa shape index (κ1) is 24.8. The largest absolute Gasteiger partial charge is 0.711 e. The first-order chi connectivity index (χ1) is 16.0. The van der Waals surface area contributed by atoms with Gasteiger partial charge in [0.05, 0.1) is 14.2 Å². The summed E-state index contributed by atoms with van der Waals surface area (Å²) in [5, 5.41) is 28.0. The molecule has 1 saturated heterocycles. The van der Waals surface area contributed by atoms with Gasteiger partial charge < -0.3 is 24.7 Å². The second-order valence-corrected chi connectivity index (χ2v) is 8.32. The van der Waals surface area contributed by atoms with Crippen molar-refractivity contribution in [2.75, 3.05) is 34.9 Å². The number of aromatic nitrogens is 2. The number of likely N-dealkylation sites (N-methyl/N-ethyl adjacent to an activating group) is 1. The van der Waals surface area contributed by atoms with E-state index < -0.39 is 29.7 Å². The average Bonchev–Trinajstić information content (AvgIpc) is 2.98. The molecular weight excluding hydrogens is 446 g/mol. The Morgan fingerprint density at radius 3 is 2.12 bits per heavy atom. The number of amides is 4. The van der Waals surface area contributed by atoms with Gasteiger partial charge in [-0.2, -0.15) is 0 Å². The van der Waals surface area contributed by atoms with Crippen LogP contribution in [0.25, 0.3) is 0 Å².